The molecule has 1 aliphatic carbocycles. The third-order valence-corrected chi connectivity index (χ3v) is 4.05. The SMILES string of the molecule is N#CC1(NC(=O)c2ccc(Br)cc2C(F)(F)F)CCCC1. The van der Waals surface area contributed by atoms with Gasteiger partial charge in [-0.25, -0.2) is 0 Å². The van der Waals surface area contributed by atoms with Crippen molar-refractivity contribution >= 4 is 21.8 Å². The summed E-state index contributed by atoms with van der Waals surface area (Å²) in [5.41, 5.74) is -2.53. The normalized spacial score (nSPS) is 17.3. The molecule has 0 saturated heterocycles. The molecule has 0 unspecified atom stereocenters. The number of carbonyl (C=O) groups excluding carboxylic acids is 1. The van der Waals surface area contributed by atoms with Crippen molar-refractivity contribution in [3.8, 4) is 6.07 Å². The molecule has 1 amide bonds. The number of benzene rings is 1. The Morgan fingerprint density at radius 2 is 1.95 bits per heavy atom. The fraction of sp³-hybridized carbons (Fsp3) is 0.429. The van der Waals surface area contributed by atoms with E-state index in [2.05, 4.69) is 21.2 Å². The third-order valence-electron chi connectivity index (χ3n) is 3.56. The summed E-state index contributed by atoms with van der Waals surface area (Å²) in [6, 6.07) is 5.38. The first-order chi connectivity index (χ1) is 9.77. The first kappa shape index (κ1) is 15.8. The quantitative estimate of drug-likeness (QED) is 0.865. The Labute approximate surface area is 128 Å². The topological polar surface area (TPSA) is 52.9 Å². The van der Waals surface area contributed by atoms with Crippen LogP contribution in [0.15, 0.2) is 22.7 Å². The van der Waals surface area contributed by atoms with Crippen LogP contribution in [0, 0.1) is 11.3 Å². The van der Waals surface area contributed by atoms with E-state index in [4.69, 9.17) is 0 Å². The molecule has 1 aliphatic rings. The molecular formula is C14H12BrF3N2O. The van der Waals surface area contributed by atoms with Crippen LogP contribution in [0.3, 0.4) is 0 Å². The second kappa shape index (κ2) is 5.68. The molecule has 1 N–H and O–H groups in total. The molecule has 0 bridgehead atoms. The van der Waals surface area contributed by atoms with Crippen molar-refractivity contribution in [1.29, 1.82) is 5.26 Å². The van der Waals surface area contributed by atoms with E-state index in [0.717, 1.165) is 25.0 Å². The van der Waals surface area contributed by atoms with Gasteiger partial charge in [-0.3, -0.25) is 4.79 Å². The van der Waals surface area contributed by atoms with E-state index in [1.54, 1.807) is 0 Å². The van der Waals surface area contributed by atoms with Crippen molar-refractivity contribution in [2.75, 3.05) is 0 Å². The lowest BCUT2D eigenvalue weighted by molar-refractivity contribution is -0.138. The van der Waals surface area contributed by atoms with Gasteiger partial charge in [-0.05, 0) is 43.9 Å². The highest BCUT2D eigenvalue weighted by Crippen LogP contribution is 2.35. The molecule has 7 heteroatoms. The predicted molar refractivity (Wildman–Crippen MR) is 73.4 cm³/mol. The van der Waals surface area contributed by atoms with Crippen LogP contribution in [0.25, 0.3) is 0 Å². The molecule has 0 heterocycles. The summed E-state index contributed by atoms with van der Waals surface area (Å²) in [5, 5.41) is 11.7. The molecule has 0 radical (unpaired) electrons. The number of nitriles is 1. The Kier molecular flexibility index (Phi) is 4.28. The van der Waals surface area contributed by atoms with Crippen molar-refractivity contribution in [2.45, 2.75) is 37.4 Å². The summed E-state index contributed by atoms with van der Waals surface area (Å²) in [6.07, 6.45) is -2.15. The summed E-state index contributed by atoms with van der Waals surface area (Å²) in [4.78, 5) is 12.2. The molecule has 0 spiro atoms. The molecule has 1 aromatic rings. The largest absolute Gasteiger partial charge is 0.417 e. The zero-order valence-electron chi connectivity index (χ0n) is 10.9. The van der Waals surface area contributed by atoms with Crippen LogP contribution in [-0.4, -0.2) is 11.4 Å². The average Bonchev–Trinajstić information content (AvgIpc) is 2.86. The molecule has 1 saturated carbocycles. The number of nitrogens with zero attached hydrogens (tertiary/aromatic N) is 1. The monoisotopic (exact) mass is 360 g/mol. The van der Waals surface area contributed by atoms with Crippen molar-refractivity contribution < 1.29 is 18.0 Å². The van der Waals surface area contributed by atoms with Crippen LogP contribution in [-0.2, 0) is 6.18 Å². The zero-order chi connectivity index (χ0) is 15.7. The number of amides is 1. The van der Waals surface area contributed by atoms with Crippen molar-refractivity contribution in [1.82, 2.24) is 5.32 Å². The lowest BCUT2D eigenvalue weighted by Crippen LogP contribution is -2.45. The Morgan fingerprint density at radius 3 is 2.48 bits per heavy atom. The van der Waals surface area contributed by atoms with Crippen LogP contribution >= 0.6 is 15.9 Å². The molecule has 112 valence electrons. The average molecular weight is 361 g/mol. The van der Waals surface area contributed by atoms with Gasteiger partial charge in [-0.1, -0.05) is 15.9 Å². The van der Waals surface area contributed by atoms with Crippen LogP contribution in [0.1, 0.15) is 41.6 Å². The third kappa shape index (κ3) is 3.38. The number of alkyl halides is 3. The van der Waals surface area contributed by atoms with E-state index >= 15 is 0 Å². The summed E-state index contributed by atoms with van der Waals surface area (Å²) >= 11 is 2.97. The van der Waals surface area contributed by atoms with Gasteiger partial charge < -0.3 is 5.32 Å². The van der Waals surface area contributed by atoms with Gasteiger partial charge in [-0.2, -0.15) is 18.4 Å². The second-order valence-corrected chi connectivity index (χ2v) is 5.96. The number of hydrogen-bond acceptors (Lipinski definition) is 2. The Balaban J connectivity index is 2.34. The van der Waals surface area contributed by atoms with Crippen molar-refractivity contribution in [3.05, 3.63) is 33.8 Å². The number of carbonyl (C=O) groups is 1. The maximum atomic E-state index is 13.0. The van der Waals surface area contributed by atoms with Gasteiger partial charge in [0.05, 0.1) is 17.2 Å². The molecule has 3 nitrogen and oxygen atoms in total. The Morgan fingerprint density at radius 1 is 1.33 bits per heavy atom. The lowest BCUT2D eigenvalue weighted by Gasteiger charge is -2.23. The van der Waals surface area contributed by atoms with Gasteiger partial charge >= 0.3 is 6.18 Å². The van der Waals surface area contributed by atoms with Crippen LogP contribution in [0.5, 0.6) is 0 Å². The summed E-state index contributed by atoms with van der Waals surface area (Å²) in [7, 11) is 0. The molecule has 0 aliphatic heterocycles. The fourth-order valence-electron chi connectivity index (χ4n) is 2.48. The van der Waals surface area contributed by atoms with E-state index < -0.39 is 28.7 Å². The summed E-state index contributed by atoms with van der Waals surface area (Å²) in [6.45, 7) is 0. The maximum absolute atomic E-state index is 13.0. The molecule has 0 atom stereocenters. The van der Waals surface area contributed by atoms with Crippen LogP contribution < -0.4 is 5.32 Å². The number of nitrogens with one attached hydrogen (secondary N) is 1. The van der Waals surface area contributed by atoms with Gasteiger partial charge in [0.25, 0.3) is 5.91 Å². The van der Waals surface area contributed by atoms with Gasteiger partial charge in [0, 0.05) is 4.47 Å². The molecule has 1 fully saturated rings. The number of hydrogen-bond donors (Lipinski definition) is 1. The van der Waals surface area contributed by atoms with E-state index in [9.17, 15) is 23.2 Å². The highest BCUT2D eigenvalue weighted by Gasteiger charge is 2.39. The fourth-order valence-corrected chi connectivity index (χ4v) is 2.84. The minimum atomic E-state index is -4.63. The Hall–Kier alpha value is -1.55. The Bertz CT molecular complexity index is 601. The van der Waals surface area contributed by atoms with E-state index in [-0.39, 0.29) is 4.47 Å². The van der Waals surface area contributed by atoms with Gasteiger partial charge in [-0.15, -0.1) is 0 Å². The van der Waals surface area contributed by atoms with Crippen LogP contribution in [0.4, 0.5) is 13.2 Å². The van der Waals surface area contributed by atoms with E-state index in [1.165, 1.54) is 6.07 Å². The summed E-state index contributed by atoms with van der Waals surface area (Å²) < 4.78 is 39.3. The molecule has 0 aromatic heterocycles. The smallest absolute Gasteiger partial charge is 0.334 e. The van der Waals surface area contributed by atoms with Crippen molar-refractivity contribution in [2.24, 2.45) is 0 Å². The first-order valence-electron chi connectivity index (χ1n) is 6.38. The van der Waals surface area contributed by atoms with Gasteiger partial charge in [0.1, 0.15) is 5.54 Å². The standard InChI is InChI=1S/C14H12BrF3N2O/c15-9-3-4-10(11(7-9)14(16,17)18)12(21)20-13(8-19)5-1-2-6-13/h3-4,7H,1-2,5-6H2,(H,20,21). The number of halogens is 4. The lowest BCUT2D eigenvalue weighted by atomic mass is 9.98. The van der Waals surface area contributed by atoms with Crippen molar-refractivity contribution in [3.63, 3.8) is 0 Å². The molecular weight excluding hydrogens is 349 g/mol. The van der Waals surface area contributed by atoms with Gasteiger partial charge in [0.2, 0.25) is 0 Å². The second-order valence-electron chi connectivity index (χ2n) is 5.04. The maximum Gasteiger partial charge on any atom is 0.417 e. The summed E-state index contributed by atoms with van der Waals surface area (Å²) in [5.74, 6) is -0.863. The minimum Gasteiger partial charge on any atom is -0.334 e. The zero-order valence-corrected chi connectivity index (χ0v) is 12.5. The molecule has 21 heavy (non-hydrogen) atoms. The number of rotatable bonds is 2. The first-order valence-corrected chi connectivity index (χ1v) is 7.17. The minimum absolute atomic E-state index is 0.238. The van der Waals surface area contributed by atoms with E-state index in [0.29, 0.717) is 12.8 Å². The van der Waals surface area contributed by atoms with Gasteiger partial charge in [0.15, 0.2) is 0 Å². The molecule has 2 rings (SSSR count). The highest BCUT2D eigenvalue weighted by molar-refractivity contribution is 9.10. The van der Waals surface area contributed by atoms with E-state index in [1.807, 2.05) is 6.07 Å². The highest BCUT2D eigenvalue weighted by atomic mass is 79.9. The van der Waals surface area contributed by atoms with Crippen LogP contribution in [0.2, 0.25) is 0 Å². The predicted octanol–water partition coefficient (Wildman–Crippen LogP) is 4.03. The molecule has 1 aromatic carbocycles.